The highest BCUT2D eigenvalue weighted by atomic mass is 35.5. The van der Waals surface area contributed by atoms with Crippen LogP contribution in [0.3, 0.4) is 0 Å². The summed E-state index contributed by atoms with van der Waals surface area (Å²) in [6, 6.07) is 10.5. The van der Waals surface area contributed by atoms with Crippen LogP contribution in [0.25, 0.3) is 10.9 Å². The molecular formula is C17H17Cl2N3O2. The van der Waals surface area contributed by atoms with Crippen LogP contribution in [0.5, 0.6) is 0 Å². The fourth-order valence-electron chi connectivity index (χ4n) is 3.30. The molecule has 3 aromatic rings. The molecule has 1 fully saturated rings. The second-order valence-corrected chi connectivity index (χ2v) is 6.83. The average Bonchev–Trinajstić information content (AvgIpc) is 3.22. The van der Waals surface area contributed by atoms with Crippen LogP contribution in [0.2, 0.25) is 0 Å². The topological polar surface area (TPSA) is 53.1 Å². The Morgan fingerprint density at radius 3 is 2.92 bits per heavy atom. The number of para-hydroxylation sites is 1. The maximum atomic E-state index is 6.31. The van der Waals surface area contributed by atoms with Gasteiger partial charge in [0.2, 0.25) is 11.7 Å². The minimum Gasteiger partial charge on any atom is -0.351 e. The molecule has 0 N–H and O–H groups in total. The molecule has 2 aromatic heterocycles. The molecule has 1 aliphatic heterocycles. The van der Waals surface area contributed by atoms with E-state index in [1.54, 1.807) is 0 Å². The van der Waals surface area contributed by atoms with Crippen molar-refractivity contribution in [3.8, 4) is 0 Å². The molecule has 4 rings (SSSR count). The second kappa shape index (κ2) is 6.75. The monoisotopic (exact) mass is 365 g/mol. The molecule has 3 unspecified atom stereocenters. The maximum absolute atomic E-state index is 6.31. The molecule has 0 radical (unpaired) electrons. The van der Waals surface area contributed by atoms with Gasteiger partial charge in [0, 0.05) is 18.3 Å². The third-order valence-electron chi connectivity index (χ3n) is 4.40. The number of rotatable bonds is 4. The van der Waals surface area contributed by atoms with Gasteiger partial charge in [0.25, 0.3) is 0 Å². The molecule has 126 valence electrons. The van der Waals surface area contributed by atoms with Gasteiger partial charge in [-0.2, -0.15) is 4.98 Å². The van der Waals surface area contributed by atoms with Gasteiger partial charge in [0.15, 0.2) is 0 Å². The highest BCUT2D eigenvalue weighted by Crippen LogP contribution is 2.36. The van der Waals surface area contributed by atoms with Crippen molar-refractivity contribution in [1.82, 2.24) is 14.7 Å². The summed E-state index contributed by atoms with van der Waals surface area (Å²) < 4.78 is 13.1. The molecular weight excluding hydrogens is 349 g/mol. The smallest absolute Gasteiger partial charge is 0.241 e. The molecule has 0 aliphatic carbocycles. The Morgan fingerprint density at radius 1 is 1.21 bits per heavy atom. The van der Waals surface area contributed by atoms with Gasteiger partial charge in [-0.15, -0.1) is 11.6 Å². The lowest BCUT2D eigenvalue weighted by Gasteiger charge is -2.31. The zero-order chi connectivity index (χ0) is 16.5. The zero-order valence-electron chi connectivity index (χ0n) is 12.9. The van der Waals surface area contributed by atoms with E-state index in [2.05, 4.69) is 51.2 Å². The third kappa shape index (κ3) is 3.16. The highest BCUT2D eigenvalue weighted by Gasteiger charge is 2.32. The van der Waals surface area contributed by atoms with E-state index >= 15 is 0 Å². The van der Waals surface area contributed by atoms with Gasteiger partial charge in [0.05, 0.1) is 0 Å². The maximum Gasteiger partial charge on any atom is 0.241 e. The van der Waals surface area contributed by atoms with Gasteiger partial charge in [0.1, 0.15) is 17.5 Å². The Labute approximate surface area is 149 Å². The number of ether oxygens (including phenoxy) is 1. The van der Waals surface area contributed by atoms with Crippen LogP contribution in [0, 0.1) is 5.92 Å². The van der Waals surface area contributed by atoms with Crippen LogP contribution in [0.1, 0.15) is 30.7 Å². The van der Waals surface area contributed by atoms with Gasteiger partial charge in [-0.1, -0.05) is 35.0 Å². The molecule has 5 nitrogen and oxygen atoms in total. The Bertz CT molecular complexity index is 832. The average molecular weight is 366 g/mol. The largest absolute Gasteiger partial charge is 0.351 e. The number of alkyl halides is 2. The molecule has 24 heavy (non-hydrogen) atoms. The zero-order valence-corrected chi connectivity index (χ0v) is 14.5. The van der Waals surface area contributed by atoms with Crippen molar-refractivity contribution in [2.45, 2.75) is 36.9 Å². The predicted molar refractivity (Wildman–Crippen MR) is 92.0 cm³/mol. The van der Waals surface area contributed by atoms with Crippen LogP contribution in [0.4, 0.5) is 0 Å². The summed E-state index contributed by atoms with van der Waals surface area (Å²) in [4.78, 5) is 4.27. The first-order valence-corrected chi connectivity index (χ1v) is 8.92. The minimum absolute atomic E-state index is 0.197. The van der Waals surface area contributed by atoms with E-state index in [0.717, 1.165) is 19.4 Å². The standard InChI is InChI=1S/C17H17Cl2N3O2/c18-9-16-20-17(21-24-16)14-7-11(8-15(19)23-14)10-22-6-5-12-3-1-2-4-13(12)22/h1-6,11,14-15H,7-10H2. The van der Waals surface area contributed by atoms with E-state index in [1.165, 1.54) is 10.9 Å². The van der Waals surface area contributed by atoms with Crippen molar-refractivity contribution in [2.75, 3.05) is 0 Å². The fraction of sp³-hybridized carbons (Fsp3) is 0.412. The summed E-state index contributed by atoms with van der Waals surface area (Å²) in [7, 11) is 0. The van der Waals surface area contributed by atoms with Crippen LogP contribution in [0.15, 0.2) is 41.1 Å². The Kier molecular flexibility index (Phi) is 4.48. The van der Waals surface area contributed by atoms with Crippen LogP contribution < -0.4 is 0 Å². The molecule has 7 heteroatoms. The quantitative estimate of drug-likeness (QED) is 0.638. The van der Waals surface area contributed by atoms with Gasteiger partial charge in [-0.25, -0.2) is 0 Å². The molecule has 3 heterocycles. The molecule has 3 atom stereocenters. The molecule has 1 aromatic carbocycles. The molecule has 1 aliphatic rings. The van der Waals surface area contributed by atoms with Crippen molar-refractivity contribution >= 4 is 34.1 Å². The fourth-order valence-corrected chi connectivity index (χ4v) is 3.78. The first-order valence-electron chi connectivity index (χ1n) is 7.95. The number of nitrogens with zero attached hydrogens (tertiary/aromatic N) is 3. The number of aromatic nitrogens is 3. The Hall–Kier alpha value is -1.56. The van der Waals surface area contributed by atoms with E-state index < -0.39 is 0 Å². The highest BCUT2D eigenvalue weighted by molar-refractivity contribution is 6.19. The number of benzene rings is 1. The number of fused-ring (bicyclic) bond motifs is 1. The Morgan fingerprint density at radius 2 is 2.08 bits per heavy atom. The molecule has 1 saturated heterocycles. The van der Waals surface area contributed by atoms with Crippen molar-refractivity contribution in [2.24, 2.45) is 5.92 Å². The number of hydrogen-bond acceptors (Lipinski definition) is 4. The minimum atomic E-state index is -0.353. The van der Waals surface area contributed by atoms with Gasteiger partial charge in [-0.05, 0) is 36.3 Å². The molecule has 0 amide bonds. The summed E-state index contributed by atoms with van der Waals surface area (Å²) in [6.07, 6.45) is 3.47. The third-order valence-corrected chi connectivity index (χ3v) is 4.91. The van der Waals surface area contributed by atoms with Gasteiger partial charge in [-0.3, -0.25) is 0 Å². The lowest BCUT2D eigenvalue weighted by atomic mass is 9.95. The summed E-state index contributed by atoms with van der Waals surface area (Å²) in [5.74, 6) is 1.50. The molecule has 0 saturated carbocycles. The van der Waals surface area contributed by atoms with E-state index in [0.29, 0.717) is 17.6 Å². The lowest BCUT2D eigenvalue weighted by Crippen LogP contribution is -2.28. The van der Waals surface area contributed by atoms with Crippen LogP contribution >= 0.6 is 23.2 Å². The molecule has 0 bridgehead atoms. The number of halogens is 2. The summed E-state index contributed by atoms with van der Waals surface area (Å²) in [5.41, 5.74) is 0.879. The van der Waals surface area contributed by atoms with Crippen molar-refractivity contribution in [1.29, 1.82) is 0 Å². The van der Waals surface area contributed by atoms with Crippen molar-refractivity contribution < 1.29 is 9.26 Å². The predicted octanol–water partition coefficient (Wildman–Crippen LogP) is 4.50. The van der Waals surface area contributed by atoms with Gasteiger partial charge < -0.3 is 13.8 Å². The second-order valence-electron chi connectivity index (χ2n) is 6.08. The van der Waals surface area contributed by atoms with E-state index in [1.807, 2.05) is 0 Å². The van der Waals surface area contributed by atoms with Crippen molar-refractivity contribution in [3.63, 3.8) is 0 Å². The normalized spacial score (nSPS) is 24.5. The van der Waals surface area contributed by atoms with Crippen LogP contribution in [-0.4, -0.2) is 20.3 Å². The SMILES string of the molecule is ClCc1nc(C2CC(Cn3ccc4ccccc43)CC(Cl)O2)no1. The summed E-state index contributed by atoms with van der Waals surface area (Å²) >= 11 is 12.0. The van der Waals surface area contributed by atoms with Gasteiger partial charge >= 0.3 is 0 Å². The first kappa shape index (κ1) is 15.9. The molecule has 0 spiro atoms. The Balaban J connectivity index is 1.52. The van der Waals surface area contributed by atoms with E-state index in [4.69, 9.17) is 32.5 Å². The van der Waals surface area contributed by atoms with Crippen LogP contribution in [-0.2, 0) is 17.2 Å². The number of hydrogen-bond donors (Lipinski definition) is 0. The lowest BCUT2D eigenvalue weighted by molar-refractivity contribution is -0.0416. The summed E-state index contributed by atoms with van der Waals surface area (Å²) in [6.45, 7) is 0.886. The first-order chi connectivity index (χ1) is 11.7. The summed E-state index contributed by atoms with van der Waals surface area (Å²) in [5, 5.41) is 5.21. The van der Waals surface area contributed by atoms with E-state index in [-0.39, 0.29) is 17.5 Å². The van der Waals surface area contributed by atoms with E-state index in [9.17, 15) is 0 Å². The van der Waals surface area contributed by atoms with Crippen molar-refractivity contribution in [3.05, 3.63) is 48.2 Å².